The minimum Gasteiger partial charge on any atom is -0.444 e. The molecular weight excluding hydrogens is 360 g/mol. The van der Waals surface area contributed by atoms with Crippen LogP contribution < -0.4 is 10.2 Å². The highest BCUT2D eigenvalue weighted by Gasteiger charge is 2.25. The zero-order valence-corrected chi connectivity index (χ0v) is 16.3. The lowest BCUT2D eigenvalue weighted by atomic mass is 9.98. The molecule has 1 N–H and O–H groups in total. The number of carbonyl (C=O) groups excluding carboxylic acids is 1. The maximum atomic E-state index is 11.9. The van der Waals surface area contributed by atoms with E-state index in [-0.39, 0.29) is 11.4 Å². The highest BCUT2D eigenvalue weighted by atomic mass is 35.5. The summed E-state index contributed by atoms with van der Waals surface area (Å²) in [5.41, 5.74) is 0.402. The molecule has 6 nitrogen and oxygen atoms in total. The van der Waals surface area contributed by atoms with Crippen LogP contribution in [0.25, 0.3) is 10.2 Å². The van der Waals surface area contributed by atoms with E-state index >= 15 is 0 Å². The van der Waals surface area contributed by atoms with Crippen LogP contribution in [0.3, 0.4) is 0 Å². The molecule has 136 valence electrons. The first-order valence-electron chi connectivity index (χ1n) is 8.44. The summed E-state index contributed by atoms with van der Waals surface area (Å²) in [6.07, 6.45) is 1.75. The monoisotopic (exact) mass is 382 g/mol. The van der Waals surface area contributed by atoms with E-state index in [0.717, 1.165) is 42.0 Å². The van der Waals surface area contributed by atoms with E-state index in [1.807, 2.05) is 32.2 Å². The van der Waals surface area contributed by atoms with Crippen molar-refractivity contribution >= 4 is 45.1 Å². The van der Waals surface area contributed by atoms with Crippen LogP contribution in [0, 0.1) is 5.92 Å². The van der Waals surface area contributed by atoms with E-state index < -0.39 is 5.60 Å². The average Bonchev–Trinajstić information content (AvgIpc) is 2.99. The molecule has 1 unspecified atom stereocenters. The second-order valence-electron chi connectivity index (χ2n) is 7.29. The van der Waals surface area contributed by atoms with Gasteiger partial charge in [0.2, 0.25) is 5.28 Å². The van der Waals surface area contributed by atoms with Gasteiger partial charge < -0.3 is 15.0 Å². The Hall–Kier alpha value is -1.60. The molecule has 1 aliphatic rings. The maximum Gasteiger partial charge on any atom is 0.407 e. The molecule has 1 amide bonds. The van der Waals surface area contributed by atoms with Crippen molar-refractivity contribution in [1.29, 1.82) is 0 Å². The Bertz CT molecular complexity index is 759. The summed E-state index contributed by atoms with van der Waals surface area (Å²) in [5.74, 6) is 1.25. The van der Waals surface area contributed by atoms with Gasteiger partial charge in [-0.1, -0.05) is 0 Å². The molecule has 2 aromatic heterocycles. The second kappa shape index (κ2) is 7.33. The SMILES string of the molecule is CC(C)(C)OC(=O)NCC1CCCN(c2nc(Cl)nc3ccsc23)C1. The Morgan fingerprint density at radius 2 is 2.28 bits per heavy atom. The fraction of sp³-hybridized carbons (Fsp3) is 0.588. The molecule has 0 radical (unpaired) electrons. The molecule has 3 heterocycles. The number of piperidine rings is 1. The van der Waals surface area contributed by atoms with Crippen LogP contribution in [0.2, 0.25) is 5.28 Å². The summed E-state index contributed by atoms with van der Waals surface area (Å²) in [5, 5.41) is 5.16. The van der Waals surface area contributed by atoms with Gasteiger partial charge in [0, 0.05) is 19.6 Å². The fourth-order valence-corrected chi connectivity index (χ4v) is 4.02. The Labute approximate surface area is 156 Å². The summed E-state index contributed by atoms with van der Waals surface area (Å²) in [6.45, 7) is 7.94. The largest absolute Gasteiger partial charge is 0.444 e. The maximum absolute atomic E-state index is 11.9. The zero-order chi connectivity index (χ0) is 18.0. The molecule has 1 saturated heterocycles. The van der Waals surface area contributed by atoms with Crippen LogP contribution in [-0.2, 0) is 4.74 Å². The minimum absolute atomic E-state index is 0.273. The fourth-order valence-electron chi connectivity index (χ4n) is 3.00. The van der Waals surface area contributed by atoms with Gasteiger partial charge in [-0.3, -0.25) is 0 Å². The number of nitrogens with one attached hydrogen (secondary N) is 1. The van der Waals surface area contributed by atoms with Crippen LogP contribution in [-0.4, -0.2) is 41.3 Å². The van der Waals surface area contributed by atoms with Crippen molar-refractivity contribution in [3.8, 4) is 0 Å². The molecule has 8 heteroatoms. The van der Waals surface area contributed by atoms with Gasteiger partial charge in [-0.2, -0.15) is 4.98 Å². The summed E-state index contributed by atoms with van der Waals surface area (Å²) < 4.78 is 6.36. The first-order valence-corrected chi connectivity index (χ1v) is 9.70. The predicted octanol–water partition coefficient (Wildman–Crippen LogP) is 4.09. The third-order valence-electron chi connectivity index (χ3n) is 4.01. The number of nitrogens with zero attached hydrogens (tertiary/aromatic N) is 3. The van der Waals surface area contributed by atoms with Gasteiger partial charge in [0.15, 0.2) is 5.82 Å². The van der Waals surface area contributed by atoms with Crippen molar-refractivity contribution < 1.29 is 9.53 Å². The van der Waals surface area contributed by atoms with Gasteiger partial charge >= 0.3 is 6.09 Å². The molecule has 25 heavy (non-hydrogen) atoms. The van der Waals surface area contributed by atoms with Gasteiger partial charge in [-0.25, -0.2) is 9.78 Å². The van der Waals surface area contributed by atoms with Gasteiger partial charge in [0.1, 0.15) is 5.60 Å². The Morgan fingerprint density at radius 1 is 1.48 bits per heavy atom. The lowest BCUT2D eigenvalue weighted by molar-refractivity contribution is 0.0517. The van der Waals surface area contributed by atoms with E-state index in [9.17, 15) is 4.79 Å². The number of thiophene rings is 1. The third kappa shape index (κ3) is 4.73. The van der Waals surface area contributed by atoms with Crippen molar-refractivity contribution in [1.82, 2.24) is 15.3 Å². The second-order valence-corrected chi connectivity index (χ2v) is 8.54. The topological polar surface area (TPSA) is 67.3 Å². The number of aromatic nitrogens is 2. The quantitative estimate of drug-likeness (QED) is 0.810. The number of halogens is 1. The summed E-state index contributed by atoms with van der Waals surface area (Å²) in [6, 6.07) is 1.96. The smallest absolute Gasteiger partial charge is 0.407 e. The van der Waals surface area contributed by atoms with E-state index in [0.29, 0.717) is 12.5 Å². The Kier molecular flexibility index (Phi) is 5.34. The first-order chi connectivity index (χ1) is 11.8. The van der Waals surface area contributed by atoms with Crippen LogP contribution in [0.4, 0.5) is 10.6 Å². The number of hydrogen-bond donors (Lipinski definition) is 1. The third-order valence-corrected chi connectivity index (χ3v) is 5.08. The summed E-state index contributed by atoms with van der Waals surface area (Å²) in [7, 11) is 0. The van der Waals surface area contributed by atoms with E-state index in [4.69, 9.17) is 16.3 Å². The predicted molar refractivity (Wildman–Crippen MR) is 102 cm³/mol. The number of amides is 1. The number of anilines is 1. The van der Waals surface area contributed by atoms with E-state index in [1.54, 1.807) is 11.3 Å². The number of fused-ring (bicyclic) bond motifs is 1. The van der Waals surface area contributed by atoms with E-state index in [2.05, 4.69) is 20.2 Å². The minimum atomic E-state index is -0.481. The standard InChI is InChI=1S/C17H23ClN4O2S/c1-17(2,3)24-16(23)19-9-11-5-4-7-22(10-11)14-13-12(6-8-25-13)20-15(18)21-14/h6,8,11H,4-5,7,9-10H2,1-3H3,(H,19,23). The number of hydrogen-bond acceptors (Lipinski definition) is 6. The Balaban J connectivity index is 1.65. The highest BCUT2D eigenvalue weighted by Crippen LogP contribution is 2.32. The molecule has 3 rings (SSSR count). The number of alkyl carbamates (subject to hydrolysis) is 1. The molecule has 1 aliphatic heterocycles. The van der Waals surface area contributed by atoms with Crippen LogP contribution in [0.5, 0.6) is 0 Å². The van der Waals surface area contributed by atoms with Crippen molar-refractivity contribution in [3.05, 3.63) is 16.7 Å². The highest BCUT2D eigenvalue weighted by molar-refractivity contribution is 7.17. The lowest BCUT2D eigenvalue weighted by Gasteiger charge is -2.34. The number of rotatable bonds is 3. The normalized spacial score (nSPS) is 18.4. The molecule has 0 aromatic carbocycles. The number of ether oxygens (including phenoxy) is 1. The van der Waals surface area contributed by atoms with Crippen molar-refractivity contribution in [3.63, 3.8) is 0 Å². The van der Waals surface area contributed by atoms with Gasteiger partial charge in [0.05, 0.1) is 10.2 Å². The van der Waals surface area contributed by atoms with Crippen molar-refractivity contribution in [2.24, 2.45) is 5.92 Å². The molecule has 2 aromatic rings. The van der Waals surface area contributed by atoms with Crippen LogP contribution in [0.1, 0.15) is 33.6 Å². The molecule has 1 fully saturated rings. The van der Waals surface area contributed by atoms with Crippen molar-refractivity contribution in [2.45, 2.75) is 39.2 Å². The Morgan fingerprint density at radius 3 is 3.04 bits per heavy atom. The molecular formula is C17H23ClN4O2S. The van der Waals surface area contributed by atoms with Gasteiger partial charge in [-0.15, -0.1) is 11.3 Å². The van der Waals surface area contributed by atoms with Gasteiger partial charge in [0.25, 0.3) is 0 Å². The average molecular weight is 383 g/mol. The van der Waals surface area contributed by atoms with Crippen molar-refractivity contribution in [2.75, 3.05) is 24.5 Å². The number of carbonyl (C=O) groups is 1. The van der Waals surface area contributed by atoms with Crippen LogP contribution >= 0.6 is 22.9 Å². The lowest BCUT2D eigenvalue weighted by Crippen LogP contribution is -2.42. The summed E-state index contributed by atoms with van der Waals surface area (Å²) in [4.78, 5) is 22.8. The molecule has 1 atom stereocenters. The summed E-state index contributed by atoms with van der Waals surface area (Å²) >= 11 is 7.71. The molecule has 0 spiro atoms. The molecule has 0 bridgehead atoms. The van der Waals surface area contributed by atoms with Crippen LogP contribution in [0.15, 0.2) is 11.4 Å². The first kappa shape index (κ1) is 18.2. The van der Waals surface area contributed by atoms with E-state index in [1.165, 1.54) is 0 Å². The molecule has 0 saturated carbocycles. The van der Waals surface area contributed by atoms with Gasteiger partial charge in [-0.05, 0) is 62.6 Å². The molecule has 0 aliphatic carbocycles. The zero-order valence-electron chi connectivity index (χ0n) is 14.7.